The Labute approximate surface area is 155 Å². The van der Waals surface area contributed by atoms with Gasteiger partial charge in [0.1, 0.15) is 4.83 Å². The molecule has 0 bridgehead atoms. The summed E-state index contributed by atoms with van der Waals surface area (Å²) >= 11 is 1.46. The van der Waals surface area contributed by atoms with Crippen LogP contribution < -0.4 is 16.6 Å². The molecule has 0 aliphatic carbocycles. The third-order valence-corrected chi connectivity index (χ3v) is 5.21. The number of aromatic amines is 1. The molecule has 0 saturated heterocycles. The van der Waals surface area contributed by atoms with E-state index in [1.54, 1.807) is 6.92 Å². The summed E-state index contributed by atoms with van der Waals surface area (Å²) in [5.74, 6) is 0.00408. The normalized spacial score (nSPS) is 12.1. The highest BCUT2D eigenvalue weighted by Gasteiger charge is 2.18. The minimum absolute atomic E-state index is 0.211. The number of nitrogens with zero attached hydrogens (tertiary/aromatic N) is 1. The summed E-state index contributed by atoms with van der Waals surface area (Å²) in [4.78, 5) is 43.6. The van der Waals surface area contributed by atoms with Gasteiger partial charge in [0.2, 0.25) is 0 Å². The zero-order chi connectivity index (χ0) is 19.3. The van der Waals surface area contributed by atoms with Crippen molar-refractivity contribution in [3.63, 3.8) is 0 Å². The van der Waals surface area contributed by atoms with Crippen molar-refractivity contribution in [2.75, 3.05) is 6.54 Å². The number of H-pyrrole nitrogens is 1. The Morgan fingerprint density at radius 3 is 2.73 bits per heavy atom. The fraction of sp³-hybridized carbons (Fsp3) is 0.529. The predicted octanol–water partition coefficient (Wildman–Crippen LogP) is 2.43. The van der Waals surface area contributed by atoms with Crippen molar-refractivity contribution >= 4 is 33.6 Å². The Kier molecular flexibility index (Phi) is 6.73. The van der Waals surface area contributed by atoms with Crippen LogP contribution in [0.15, 0.2) is 4.79 Å². The number of nitrogens with one attached hydrogen (secondary N) is 2. The van der Waals surface area contributed by atoms with E-state index in [1.807, 2.05) is 13.8 Å². The van der Waals surface area contributed by atoms with E-state index in [1.165, 1.54) is 11.3 Å². The van der Waals surface area contributed by atoms with Crippen LogP contribution in [0.1, 0.15) is 55.0 Å². The monoisotopic (exact) mass is 380 g/mol. The second-order valence-electron chi connectivity index (χ2n) is 6.15. The number of rotatable bonds is 8. The fourth-order valence-electron chi connectivity index (χ4n) is 2.56. The first-order valence-corrected chi connectivity index (χ1v) is 9.34. The summed E-state index contributed by atoms with van der Waals surface area (Å²) in [5.41, 5.74) is 5.69. The maximum atomic E-state index is 12.3. The van der Waals surface area contributed by atoms with Crippen LogP contribution >= 0.6 is 11.3 Å². The van der Waals surface area contributed by atoms with Gasteiger partial charge in [0, 0.05) is 17.8 Å². The van der Waals surface area contributed by atoms with E-state index < -0.39 is 12.1 Å². The van der Waals surface area contributed by atoms with Crippen molar-refractivity contribution in [3.05, 3.63) is 26.6 Å². The maximum absolute atomic E-state index is 12.3. The molecular weight excluding hydrogens is 356 g/mol. The number of hydrogen-bond acceptors (Lipinski definition) is 6. The van der Waals surface area contributed by atoms with E-state index >= 15 is 0 Å². The van der Waals surface area contributed by atoms with Crippen LogP contribution in [-0.2, 0) is 9.53 Å². The number of carbonyl (C=O) groups excluding carboxylic acids is 2. The van der Waals surface area contributed by atoms with Crippen molar-refractivity contribution in [2.24, 2.45) is 5.73 Å². The second kappa shape index (κ2) is 8.79. The van der Waals surface area contributed by atoms with Crippen LogP contribution in [0, 0.1) is 13.8 Å². The topological polar surface area (TPSA) is 127 Å². The number of aryl methyl sites for hydroxylation is 2. The van der Waals surface area contributed by atoms with E-state index in [0.29, 0.717) is 29.0 Å². The summed E-state index contributed by atoms with van der Waals surface area (Å²) in [6.07, 6.45) is 1.81. The molecule has 2 rings (SSSR count). The number of nitrogens with two attached hydrogens (primary N) is 1. The molecular formula is C17H24N4O4S. The number of ether oxygens (including phenoxy) is 1. The lowest BCUT2D eigenvalue weighted by Crippen LogP contribution is -2.29. The third-order valence-electron chi connectivity index (χ3n) is 4.11. The summed E-state index contributed by atoms with van der Waals surface area (Å²) in [6.45, 7) is 6.02. The number of unbranched alkanes of at least 4 members (excludes halogenated alkanes) is 2. The highest BCUT2D eigenvalue weighted by molar-refractivity contribution is 7.18. The summed E-state index contributed by atoms with van der Waals surface area (Å²) in [6, 6.07) is -0.548. The first-order chi connectivity index (χ1) is 12.3. The maximum Gasteiger partial charge on any atom is 0.312 e. The van der Waals surface area contributed by atoms with Gasteiger partial charge >= 0.3 is 12.0 Å². The van der Waals surface area contributed by atoms with Crippen molar-refractivity contribution in [2.45, 2.75) is 52.6 Å². The highest BCUT2D eigenvalue weighted by atomic mass is 32.1. The number of primary amides is 1. The zero-order valence-electron chi connectivity index (χ0n) is 15.2. The van der Waals surface area contributed by atoms with Gasteiger partial charge in [0.15, 0.2) is 11.9 Å². The third kappa shape index (κ3) is 5.04. The van der Waals surface area contributed by atoms with Crippen LogP contribution in [0.5, 0.6) is 0 Å². The summed E-state index contributed by atoms with van der Waals surface area (Å²) < 4.78 is 5.37. The minimum Gasteiger partial charge on any atom is -0.454 e. The van der Waals surface area contributed by atoms with Crippen LogP contribution in [-0.4, -0.2) is 28.5 Å². The number of aromatic nitrogens is 2. The van der Waals surface area contributed by atoms with E-state index in [9.17, 15) is 14.4 Å². The first-order valence-electron chi connectivity index (χ1n) is 8.52. The quantitative estimate of drug-likeness (QED) is 0.479. The minimum atomic E-state index is -0.626. The Morgan fingerprint density at radius 1 is 1.31 bits per heavy atom. The molecule has 1 atom stereocenters. The molecule has 0 spiro atoms. The second-order valence-corrected chi connectivity index (χ2v) is 7.35. The van der Waals surface area contributed by atoms with Gasteiger partial charge in [-0.1, -0.05) is 6.42 Å². The van der Waals surface area contributed by atoms with E-state index in [2.05, 4.69) is 15.3 Å². The van der Waals surface area contributed by atoms with Gasteiger partial charge < -0.3 is 20.8 Å². The van der Waals surface area contributed by atoms with Crippen molar-refractivity contribution in [1.82, 2.24) is 15.3 Å². The molecule has 9 heteroatoms. The Morgan fingerprint density at radius 2 is 2.04 bits per heavy atom. The summed E-state index contributed by atoms with van der Waals surface area (Å²) in [5, 5.41) is 3.09. The molecule has 0 radical (unpaired) electrons. The van der Waals surface area contributed by atoms with Gasteiger partial charge in [-0.05, 0) is 39.2 Å². The molecule has 0 aliphatic rings. The molecule has 2 heterocycles. The number of amides is 2. The molecule has 2 amide bonds. The number of fused-ring (bicyclic) bond motifs is 1. The molecule has 0 saturated carbocycles. The number of carbonyl (C=O) groups is 2. The molecule has 8 nitrogen and oxygen atoms in total. The number of thiophene rings is 1. The molecule has 142 valence electrons. The molecule has 0 unspecified atom stereocenters. The van der Waals surface area contributed by atoms with Crippen molar-refractivity contribution < 1.29 is 14.3 Å². The van der Waals surface area contributed by atoms with Gasteiger partial charge in [-0.3, -0.25) is 9.59 Å². The van der Waals surface area contributed by atoms with Crippen LogP contribution in [0.3, 0.4) is 0 Å². The molecule has 2 aromatic heterocycles. The zero-order valence-corrected chi connectivity index (χ0v) is 16.0. The Balaban J connectivity index is 1.88. The molecule has 0 aromatic carbocycles. The van der Waals surface area contributed by atoms with Crippen LogP contribution in [0.25, 0.3) is 10.2 Å². The van der Waals surface area contributed by atoms with Crippen molar-refractivity contribution in [3.8, 4) is 0 Å². The molecule has 0 fully saturated rings. The lowest BCUT2D eigenvalue weighted by Gasteiger charge is -2.12. The predicted molar refractivity (Wildman–Crippen MR) is 100 cm³/mol. The lowest BCUT2D eigenvalue weighted by molar-refractivity contribution is -0.149. The standard InChI is InChI=1S/C17H24N4O4S/c1-9-11(3)26-16-13(9)15(23)20-14(21-16)10(2)25-12(22)7-5-4-6-8-19-17(18)24/h10H,4-8H2,1-3H3,(H3,18,19,24)(H,20,21,23)/t10-/m0/s1. The molecule has 0 aliphatic heterocycles. The smallest absolute Gasteiger partial charge is 0.312 e. The van der Waals surface area contributed by atoms with Gasteiger partial charge in [-0.2, -0.15) is 0 Å². The number of esters is 1. The molecule has 26 heavy (non-hydrogen) atoms. The van der Waals surface area contributed by atoms with Crippen LogP contribution in [0.2, 0.25) is 0 Å². The van der Waals surface area contributed by atoms with Gasteiger partial charge in [-0.15, -0.1) is 11.3 Å². The first kappa shape index (κ1) is 19.9. The van der Waals surface area contributed by atoms with Gasteiger partial charge in [0.05, 0.1) is 5.39 Å². The SMILES string of the molecule is Cc1sc2nc([C@H](C)OC(=O)CCCCCNC(N)=O)[nH]c(=O)c2c1C. The molecule has 2 aromatic rings. The van der Waals surface area contributed by atoms with Gasteiger partial charge in [0.25, 0.3) is 5.56 Å². The number of urea groups is 1. The fourth-order valence-corrected chi connectivity index (χ4v) is 3.60. The van der Waals surface area contributed by atoms with Gasteiger partial charge in [-0.25, -0.2) is 9.78 Å². The average Bonchev–Trinajstić information content (AvgIpc) is 2.85. The van der Waals surface area contributed by atoms with Crippen LogP contribution in [0.4, 0.5) is 4.79 Å². The highest BCUT2D eigenvalue weighted by Crippen LogP contribution is 2.27. The lowest BCUT2D eigenvalue weighted by atomic mass is 10.2. The Hall–Kier alpha value is -2.42. The van der Waals surface area contributed by atoms with Crippen molar-refractivity contribution in [1.29, 1.82) is 0 Å². The van der Waals surface area contributed by atoms with E-state index in [4.69, 9.17) is 10.5 Å². The largest absolute Gasteiger partial charge is 0.454 e. The average molecular weight is 380 g/mol. The Bertz CT molecular complexity index is 858. The van der Waals surface area contributed by atoms with E-state index in [0.717, 1.165) is 23.3 Å². The van der Waals surface area contributed by atoms with E-state index in [-0.39, 0.29) is 17.9 Å². The molecule has 4 N–H and O–H groups in total. The summed E-state index contributed by atoms with van der Waals surface area (Å²) in [7, 11) is 0. The number of hydrogen-bond donors (Lipinski definition) is 3.